The lowest BCUT2D eigenvalue weighted by atomic mass is 10.0. The third-order valence-corrected chi connectivity index (χ3v) is 4.17. The van der Waals surface area contributed by atoms with Crippen LogP contribution in [-0.4, -0.2) is 10.9 Å². The van der Waals surface area contributed by atoms with Gasteiger partial charge >= 0.3 is 6.18 Å². The van der Waals surface area contributed by atoms with Crippen molar-refractivity contribution in [3.63, 3.8) is 0 Å². The van der Waals surface area contributed by atoms with Crippen molar-refractivity contribution in [3.8, 4) is 28.8 Å². The lowest BCUT2D eigenvalue weighted by Gasteiger charge is -2.12. The Hall–Kier alpha value is -3.86. The molecule has 1 aromatic heterocycles. The summed E-state index contributed by atoms with van der Waals surface area (Å²) in [6.45, 7) is 1.74. The Morgan fingerprint density at radius 1 is 1.10 bits per heavy atom. The molecule has 1 amide bonds. The molecule has 2 aromatic carbocycles. The van der Waals surface area contributed by atoms with Crippen LogP contribution in [0.2, 0.25) is 0 Å². The van der Waals surface area contributed by atoms with Crippen LogP contribution in [-0.2, 0) is 6.18 Å². The van der Waals surface area contributed by atoms with Gasteiger partial charge in [0.1, 0.15) is 11.5 Å². The zero-order valence-corrected chi connectivity index (χ0v) is 15.1. The Morgan fingerprint density at radius 2 is 1.83 bits per heavy atom. The minimum Gasteiger partial charge on any atom is -0.457 e. The molecular formula is C21H14F3N3O2. The summed E-state index contributed by atoms with van der Waals surface area (Å²) in [4.78, 5) is 15.6. The van der Waals surface area contributed by atoms with E-state index in [1.165, 1.54) is 24.4 Å². The fourth-order valence-electron chi connectivity index (χ4n) is 2.79. The van der Waals surface area contributed by atoms with Gasteiger partial charge in [-0.25, -0.2) is 0 Å². The van der Waals surface area contributed by atoms with Gasteiger partial charge in [0.25, 0.3) is 0 Å². The maximum atomic E-state index is 13.1. The largest absolute Gasteiger partial charge is 0.457 e. The highest BCUT2D eigenvalue weighted by atomic mass is 19.4. The van der Waals surface area contributed by atoms with Crippen molar-refractivity contribution in [2.75, 3.05) is 0 Å². The van der Waals surface area contributed by atoms with Crippen molar-refractivity contribution in [2.24, 2.45) is 5.73 Å². The molecule has 0 saturated carbocycles. The molecule has 0 bridgehead atoms. The molecule has 0 atom stereocenters. The van der Waals surface area contributed by atoms with Crippen molar-refractivity contribution in [2.45, 2.75) is 13.1 Å². The normalized spacial score (nSPS) is 11.0. The van der Waals surface area contributed by atoms with Crippen LogP contribution in [0, 0.1) is 18.3 Å². The standard InChI is InChI=1S/C21H14F3N3O2/c1-12-8-13(3-5-17(12)20(26)28)19-10-16(6-7-27-19)29-15-4-2-14(11-25)18(9-15)21(22,23)24/h2-10H,1H3,(H2,26,28). The van der Waals surface area contributed by atoms with Crippen LogP contribution in [0.1, 0.15) is 27.0 Å². The smallest absolute Gasteiger partial charge is 0.417 e. The molecule has 3 aromatic rings. The van der Waals surface area contributed by atoms with E-state index in [9.17, 15) is 18.0 Å². The van der Waals surface area contributed by atoms with Crippen molar-refractivity contribution in [1.82, 2.24) is 4.98 Å². The number of aromatic nitrogens is 1. The Morgan fingerprint density at radius 3 is 2.45 bits per heavy atom. The van der Waals surface area contributed by atoms with Crippen LogP contribution in [0.15, 0.2) is 54.7 Å². The molecular weight excluding hydrogens is 383 g/mol. The highest BCUT2D eigenvalue weighted by Gasteiger charge is 2.34. The summed E-state index contributed by atoms with van der Waals surface area (Å²) in [5.74, 6) is -0.335. The Kier molecular flexibility index (Phi) is 5.24. The number of halogens is 3. The minimum atomic E-state index is -4.67. The number of pyridine rings is 1. The minimum absolute atomic E-state index is 0.0614. The van der Waals surface area contributed by atoms with Gasteiger partial charge in [-0.1, -0.05) is 6.07 Å². The molecule has 2 N–H and O–H groups in total. The van der Waals surface area contributed by atoms with E-state index >= 15 is 0 Å². The summed E-state index contributed by atoms with van der Waals surface area (Å²) in [7, 11) is 0. The predicted molar refractivity (Wildman–Crippen MR) is 99.2 cm³/mol. The third kappa shape index (κ3) is 4.35. The van der Waals surface area contributed by atoms with E-state index in [0.29, 0.717) is 22.4 Å². The van der Waals surface area contributed by atoms with E-state index in [-0.39, 0.29) is 11.5 Å². The second-order valence-electron chi connectivity index (χ2n) is 6.19. The summed E-state index contributed by atoms with van der Waals surface area (Å²) >= 11 is 0. The Balaban J connectivity index is 1.93. The van der Waals surface area contributed by atoms with Crippen molar-refractivity contribution in [3.05, 3.63) is 77.0 Å². The zero-order chi connectivity index (χ0) is 21.2. The first-order valence-corrected chi connectivity index (χ1v) is 8.35. The van der Waals surface area contributed by atoms with Gasteiger partial charge in [-0.05, 0) is 48.9 Å². The molecule has 0 unspecified atom stereocenters. The van der Waals surface area contributed by atoms with Gasteiger partial charge in [-0.3, -0.25) is 9.78 Å². The molecule has 0 saturated heterocycles. The van der Waals surface area contributed by atoms with Crippen LogP contribution in [0.5, 0.6) is 11.5 Å². The summed E-state index contributed by atoms with van der Waals surface area (Å²) in [5, 5.41) is 8.87. The average molecular weight is 397 g/mol. The molecule has 0 aliphatic heterocycles. The van der Waals surface area contributed by atoms with Gasteiger partial charge in [-0.2, -0.15) is 18.4 Å². The number of aryl methyl sites for hydroxylation is 1. The van der Waals surface area contributed by atoms with Crippen LogP contribution in [0.4, 0.5) is 13.2 Å². The zero-order valence-electron chi connectivity index (χ0n) is 15.1. The quantitative estimate of drug-likeness (QED) is 0.682. The van der Waals surface area contributed by atoms with Crippen molar-refractivity contribution < 1.29 is 22.7 Å². The fourth-order valence-corrected chi connectivity index (χ4v) is 2.79. The van der Waals surface area contributed by atoms with Crippen LogP contribution in [0.3, 0.4) is 0 Å². The van der Waals surface area contributed by atoms with Gasteiger partial charge in [0.05, 0.1) is 22.9 Å². The first-order chi connectivity index (χ1) is 13.7. The SMILES string of the molecule is Cc1cc(-c2cc(Oc3ccc(C#N)c(C(F)(F)F)c3)ccn2)ccc1C(N)=O. The number of hydrogen-bond donors (Lipinski definition) is 1. The first-order valence-electron chi connectivity index (χ1n) is 8.35. The van der Waals surface area contributed by atoms with Gasteiger partial charge in [0.2, 0.25) is 5.91 Å². The number of nitrogens with zero attached hydrogens (tertiary/aromatic N) is 2. The van der Waals surface area contributed by atoms with Crippen molar-refractivity contribution >= 4 is 5.91 Å². The number of primary amides is 1. The lowest BCUT2D eigenvalue weighted by Crippen LogP contribution is -2.12. The molecule has 0 aliphatic carbocycles. The Bertz CT molecular complexity index is 1130. The number of nitrogens with two attached hydrogens (primary N) is 1. The van der Waals surface area contributed by atoms with E-state index in [2.05, 4.69) is 4.98 Å². The molecule has 8 heteroatoms. The molecule has 0 radical (unpaired) electrons. The topological polar surface area (TPSA) is 89.0 Å². The number of amides is 1. The van der Waals surface area contributed by atoms with Gasteiger partial charge < -0.3 is 10.5 Å². The fraction of sp³-hybridized carbons (Fsp3) is 0.0952. The summed E-state index contributed by atoms with van der Waals surface area (Å²) in [5.41, 5.74) is 6.01. The number of carbonyl (C=O) groups is 1. The molecule has 0 spiro atoms. The van der Waals surface area contributed by atoms with Crippen LogP contribution >= 0.6 is 0 Å². The average Bonchev–Trinajstić information content (AvgIpc) is 2.67. The number of hydrogen-bond acceptors (Lipinski definition) is 4. The number of nitriles is 1. The van der Waals surface area contributed by atoms with E-state index in [1.807, 2.05) is 0 Å². The number of rotatable bonds is 4. The molecule has 5 nitrogen and oxygen atoms in total. The number of benzene rings is 2. The first kappa shape index (κ1) is 19.9. The summed E-state index contributed by atoms with van der Waals surface area (Å²) in [6, 6.07) is 12.7. The highest BCUT2D eigenvalue weighted by Crippen LogP contribution is 2.35. The number of alkyl halides is 3. The van der Waals surface area contributed by atoms with Crippen molar-refractivity contribution in [1.29, 1.82) is 5.26 Å². The van der Waals surface area contributed by atoms with Crippen LogP contribution in [0.25, 0.3) is 11.3 Å². The second kappa shape index (κ2) is 7.64. The van der Waals surface area contributed by atoms with E-state index in [0.717, 1.165) is 12.1 Å². The molecule has 1 heterocycles. The highest BCUT2D eigenvalue weighted by molar-refractivity contribution is 5.94. The monoisotopic (exact) mass is 397 g/mol. The lowest BCUT2D eigenvalue weighted by molar-refractivity contribution is -0.137. The summed E-state index contributed by atoms with van der Waals surface area (Å²) < 4.78 is 44.9. The summed E-state index contributed by atoms with van der Waals surface area (Å²) in [6.07, 6.45) is -3.22. The van der Waals surface area contributed by atoms with Gasteiger partial charge in [0.15, 0.2) is 0 Å². The van der Waals surface area contributed by atoms with E-state index in [4.69, 9.17) is 15.7 Å². The third-order valence-electron chi connectivity index (χ3n) is 4.17. The molecule has 0 fully saturated rings. The maximum Gasteiger partial charge on any atom is 0.417 e. The molecule has 29 heavy (non-hydrogen) atoms. The number of carbonyl (C=O) groups excluding carboxylic acids is 1. The van der Waals surface area contributed by atoms with Crippen LogP contribution < -0.4 is 10.5 Å². The number of ether oxygens (including phenoxy) is 1. The predicted octanol–water partition coefficient (Wildman–Crippen LogP) is 4.84. The Labute approximate surface area is 164 Å². The van der Waals surface area contributed by atoms with Gasteiger partial charge in [0, 0.05) is 23.4 Å². The second-order valence-corrected chi connectivity index (χ2v) is 6.19. The molecule has 146 valence electrons. The van der Waals surface area contributed by atoms with E-state index in [1.54, 1.807) is 31.2 Å². The van der Waals surface area contributed by atoms with Gasteiger partial charge in [-0.15, -0.1) is 0 Å². The van der Waals surface area contributed by atoms with E-state index < -0.39 is 23.2 Å². The molecule has 3 rings (SSSR count). The molecule has 0 aliphatic rings. The maximum absolute atomic E-state index is 13.1.